The zero-order valence-electron chi connectivity index (χ0n) is 17.1. The Balaban J connectivity index is 2.43. The summed E-state index contributed by atoms with van der Waals surface area (Å²) in [6.07, 6.45) is 1.44. The number of sulfonamides is 1. The van der Waals surface area contributed by atoms with Crippen molar-refractivity contribution in [2.75, 3.05) is 11.0 Å². The van der Waals surface area contributed by atoms with Crippen LogP contribution in [0.3, 0.4) is 0 Å². The van der Waals surface area contributed by atoms with E-state index in [0.29, 0.717) is 18.4 Å². The highest BCUT2D eigenvalue weighted by molar-refractivity contribution is 7.92. The summed E-state index contributed by atoms with van der Waals surface area (Å²) in [5.41, 5.74) is 0.0648. The molecule has 166 valence electrons. The van der Waals surface area contributed by atoms with Crippen molar-refractivity contribution >= 4 is 15.7 Å². The molecular weight excluding hydrogens is 420 g/mol. The first-order valence-electron chi connectivity index (χ1n) is 9.43. The Morgan fingerprint density at radius 2 is 1.93 bits per heavy atom. The van der Waals surface area contributed by atoms with Crippen LogP contribution in [0.15, 0.2) is 54.3 Å². The molecule has 2 rings (SSSR count). The van der Waals surface area contributed by atoms with E-state index >= 15 is 0 Å². The lowest BCUT2D eigenvalue weighted by Gasteiger charge is -2.40. The monoisotopic (exact) mass is 446 g/mol. The van der Waals surface area contributed by atoms with Crippen molar-refractivity contribution in [1.29, 1.82) is 0 Å². The van der Waals surface area contributed by atoms with Crippen molar-refractivity contribution in [2.45, 2.75) is 45.5 Å². The molecule has 1 heterocycles. The topological polar surface area (TPSA) is 49.4 Å². The van der Waals surface area contributed by atoms with Gasteiger partial charge in [-0.1, -0.05) is 32.1 Å². The Labute approximate surface area is 175 Å². The van der Waals surface area contributed by atoms with Crippen LogP contribution >= 0.6 is 0 Å². The first kappa shape index (κ1) is 24.0. The van der Waals surface area contributed by atoms with Gasteiger partial charge in [0.15, 0.2) is 0 Å². The average Bonchev–Trinajstić information content (AvgIpc) is 2.58. The van der Waals surface area contributed by atoms with E-state index in [-0.39, 0.29) is 18.2 Å². The second-order valence-electron chi connectivity index (χ2n) is 7.75. The van der Waals surface area contributed by atoms with Gasteiger partial charge in [0.1, 0.15) is 11.5 Å². The summed E-state index contributed by atoms with van der Waals surface area (Å²) in [4.78, 5) is 1.25. The third-order valence-electron chi connectivity index (χ3n) is 4.62. The molecular formula is C21H26F4N2O2S. The van der Waals surface area contributed by atoms with Gasteiger partial charge in [-0.3, -0.25) is 4.72 Å². The van der Waals surface area contributed by atoms with Gasteiger partial charge in [0.2, 0.25) is 10.0 Å². The molecule has 0 radical (unpaired) electrons. The van der Waals surface area contributed by atoms with Crippen molar-refractivity contribution in [3.63, 3.8) is 0 Å². The molecule has 0 saturated carbocycles. The van der Waals surface area contributed by atoms with Gasteiger partial charge in [-0.05, 0) is 48.1 Å². The van der Waals surface area contributed by atoms with Crippen LogP contribution in [-0.2, 0) is 16.6 Å². The maximum atomic E-state index is 14.4. The number of rotatable bonds is 8. The number of halogens is 4. The minimum Gasteiger partial charge on any atom is -0.356 e. The van der Waals surface area contributed by atoms with Crippen LogP contribution in [0.25, 0.3) is 0 Å². The van der Waals surface area contributed by atoms with E-state index in [1.165, 1.54) is 23.1 Å². The summed E-state index contributed by atoms with van der Waals surface area (Å²) < 4.78 is 80.3. The van der Waals surface area contributed by atoms with E-state index < -0.39 is 33.8 Å². The van der Waals surface area contributed by atoms with E-state index in [1.807, 2.05) is 18.6 Å². The summed E-state index contributed by atoms with van der Waals surface area (Å²) in [5.74, 6) is -0.717. The minimum atomic E-state index is -4.57. The predicted molar refractivity (Wildman–Crippen MR) is 111 cm³/mol. The van der Waals surface area contributed by atoms with Crippen LogP contribution in [0.5, 0.6) is 0 Å². The molecule has 1 aliphatic heterocycles. The third-order valence-corrected chi connectivity index (χ3v) is 5.21. The lowest BCUT2D eigenvalue weighted by Crippen LogP contribution is -2.42. The lowest BCUT2D eigenvalue weighted by molar-refractivity contribution is -0.116. The SMILES string of the molecule is C=CCC1=CC=C(C(F)(F)F)N(Cc2ccc(NS(C)(=O)=O)c(F)c2)C1CC(C)C. The second kappa shape index (κ2) is 9.24. The van der Waals surface area contributed by atoms with Gasteiger partial charge in [-0.25, -0.2) is 12.8 Å². The first-order chi connectivity index (χ1) is 13.8. The zero-order chi connectivity index (χ0) is 22.7. The Morgan fingerprint density at radius 3 is 2.43 bits per heavy atom. The zero-order valence-corrected chi connectivity index (χ0v) is 17.9. The molecule has 1 N–H and O–H groups in total. The highest BCUT2D eigenvalue weighted by Gasteiger charge is 2.42. The smallest absolute Gasteiger partial charge is 0.356 e. The fourth-order valence-corrected chi connectivity index (χ4v) is 4.01. The van der Waals surface area contributed by atoms with Gasteiger partial charge in [0, 0.05) is 6.54 Å². The Hall–Kier alpha value is -2.29. The largest absolute Gasteiger partial charge is 0.431 e. The molecule has 0 aliphatic carbocycles. The molecule has 1 aromatic rings. The average molecular weight is 447 g/mol. The Morgan fingerprint density at radius 1 is 1.27 bits per heavy atom. The van der Waals surface area contributed by atoms with Gasteiger partial charge in [-0.15, -0.1) is 6.58 Å². The van der Waals surface area contributed by atoms with Crippen molar-refractivity contribution in [3.8, 4) is 0 Å². The quantitative estimate of drug-likeness (QED) is 0.431. The number of anilines is 1. The molecule has 1 atom stereocenters. The summed E-state index contributed by atoms with van der Waals surface area (Å²) in [6, 6.07) is 3.17. The summed E-state index contributed by atoms with van der Waals surface area (Å²) in [6.45, 7) is 7.38. The van der Waals surface area contributed by atoms with Crippen LogP contribution in [0.1, 0.15) is 32.3 Å². The van der Waals surface area contributed by atoms with E-state index in [0.717, 1.165) is 24.0 Å². The summed E-state index contributed by atoms with van der Waals surface area (Å²) in [7, 11) is -3.68. The van der Waals surface area contributed by atoms with E-state index in [9.17, 15) is 26.0 Å². The van der Waals surface area contributed by atoms with Crippen molar-refractivity contribution in [3.05, 3.63) is 65.7 Å². The maximum absolute atomic E-state index is 14.4. The number of allylic oxidation sites excluding steroid dienone is 4. The third kappa shape index (κ3) is 6.35. The van der Waals surface area contributed by atoms with Crippen molar-refractivity contribution < 1.29 is 26.0 Å². The van der Waals surface area contributed by atoms with E-state index in [4.69, 9.17) is 0 Å². The highest BCUT2D eigenvalue weighted by Crippen LogP contribution is 2.38. The highest BCUT2D eigenvalue weighted by atomic mass is 32.2. The molecule has 9 heteroatoms. The lowest BCUT2D eigenvalue weighted by atomic mass is 9.89. The second-order valence-corrected chi connectivity index (χ2v) is 9.49. The minimum absolute atomic E-state index is 0.136. The van der Waals surface area contributed by atoms with Crippen LogP contribution in [-0.4, -0.2) is 31.8 Å². The molecule has 0 aromatic heterocycles. The van der Waals surface area contributed by atoms with Crippen LogP contribution < -0.4 is 4.72 Å². The number of hydrogen-bond donors (Lipinski definition) is 1. The summed E-state index contributed by atoms with van der Waals surface area (Å²) in [5, 5.41) is 0. The van der Waals surface area contributed by atoms with Gasteiger partial charge >= 0.3 is 6.18 Å². The van der Waals surface area contributed by atoms with Crippen molar-refractivity contribution in [2.24, 2.45) is 5.92 Å². The molecule has 0 bridgehead atoms. The number of hydrogen-bond acceptors (Lipinski definition) is 3. The number of alkyl halides is 3. The fraction of sp³-hybridized carbons (Fsp3) is 0.429. The van der Waals surface area contributed by atoms with Crippen molar-refractivity contribution in [1.82, 2.24) is 4.90 Å². The summed E-state index contributed by atoms with van der Waals surface area (Å²) >= 11 is 0. The Bertz CT molecular complexity index is 950. The van der Waals surface area contributed by atoms with Gasteiger partial charge < -0.3 is 4.90 Å². The van der Waals surface area contributed by atoms with Crippen LogP contribution in [0.4, 0.5) is 23.2 Å². The normalized spacial score (nSPS) is 17.6. The molecule has 1 aliphatic rings. The molecule has 30 heavy (non-hydrogen) atoms. The molecule has 0 fully saturated rings. The molecule has 1 unspecified atom stereocenters. The maximum Gasteiger partial charge on any atom is 0.431 e. The van der Waals surface area contributed by atoms with Gasteiger partial charge in [-0.2, -0.15) is 13.2 Å². The number of nitrogens with one attached hydrogen (secondary N) is 1. The molecule has 4 nitrogen and oxygen atoms in total. The fourth-order valence-electron chi connectivity index (χ4n) is 3.45. The van der Waals surface area contributed by atoms with E-state index in [1.54, 1.807) is 6.08 Å². The predicted octanol–water partition coefficient (Wildman–Crippen LogP) is 5.38. The van der Waals surface area contributed by atoms with Crippen LogP contribution in [0.2, 0.25) is 0 Å². The molecule has 0 saturated heterocycles. The van der Waals surface area contributed by atoms with E-state index in [2.05, 4.69) is 6.58 Å². The molecule has 0 spiro atoms. The van der Waals surface area contributed by atoms with Crippen LogP contribution in [0, 0.1) is 11.7 Å². The standard InChI is InChI=1S/C21H26F4N2O2S/c1-5-6-16-8-10-20(21(23,24)25)27(19(16)11-14(2)3)13-15-7-9-18(17(22)12-15)26-30(4,28)29/h5,7-10,12,14,19,26H,1,6,11,13H2,2-4H3. The van der Waals surface area contributed by atoms with Gasteiger partial charge in [0.05, 0.1) is 18.0 Å². The number of nitrogens with zero attached hydrogens (tertiary/aromatic N) is 1. The molecule has 0 amide bonds. The first-order valence-corrected chi connectivity index (χ1v) is 11.3. The number of benzene rings is 1. The Kier molecular flexibility index (Phi) is 7.39. The van der Waals surface area contributed by atoms with Gasteiger partial charge in [0.25, 0.3) is 0 Å². The molecule has 1 aromatic carbocycles.